The van der Waals surface area contributed by atoms with Gasteiger partial charge in [0.1, 0.15) is 5.54 Å². The molecule has 1 saturated carbocycles. The molecule has 1 aromatic carbocycles. The Morgan fingerprint density at radius 1 is 1.54 bits per heavy atom. The van der Waals surface area contributed by atoms with Gasteiger partial charge in [-0.3, -0.25) is 4.79 Å². The summed E-state index contributed by atoms with van der Waals surface area (Å²) in [5.41, 5.74) is 0.701. The zero-order valence-corrected chi connectivity index (χ0v) is 14.0. The van der Waals surface area contributed by atoms with E-state index >= 15 is 0 Å². The molecule has 7 heteroatoms. The van der Waals surface area contributed by atoms with Crippen molar-refractivity contribution in [3.63, 3.8) is 0 Å². The van der Waals surface area contributed by atoms with Gasteiger partial charge in [0.05, 0.1) is 24.0 Å². The first kappa shape index (κ1) is 16.3. The van der Waals surface area contributed by atoms with Gasteiger partial charge in [0.2, 0.25) is 5.91 Å². The summed E-state index contributed by atoms with van der Waals surface area (Å²) in [4.78, 5) is 12.2. The maximum atomic E-state index is 12.2. The third kappa shape index (κ3) is 3.52. The normalized spacial score (nSPS) is 16.0. The first-order chi connectivity index (χ1) is 11.5. The highest BCUT2D eigenvalue weighted by Crippen LogP contribution is 2.39. The summed E-state index contributed by atoms with van der Waals surface area (Å²) in [7, 11) is 0. The SMILES string of the molecule is CC(C#N)(NC(=O)CNc1cc(Cl)ccc1-n1cccn1)C1CC1. The van der Waals surface area contributed by atoms with Crippen LogP contribution in [0.2, 0.25) is 5.02 Å². The number of aromatic nitrogens is 2. The van der Waals surface area contributed by atoms with Crippen LogP contribution in [0, 0.1) is 17.2 Å². The lowest BCUT2D eigenvalue weighted by Gasteiger charge is -2.23. The fourth-order valence-electron chi connectivity index (χ4n) is 2.65. The summed E-state index contributed by atoms with van der Waals surface area (Å²) in [6.07, 6.45) is 5.46. The Labute approximate surface area is 145 Å². The Hall–Kier alpha value is -2.52. The van der Waals surface area contributed by atoms with Crippen molar-refractivity contribution < 1.29 is 4.79 Å². The number of anilines is 1. The third-order valence-corrected chi connectivity index (χ3v) is 4.41. The number of carbonyl (C=O) groups excluding carboxylic acids is 1. The van der Waals surface area contributed by atoms with Crippen LogP contribution < -0.4 is 10.6 Å². The summed E-state index contributed by atoms with van der Waals surface area (Å²) in [6.45, 7) is 1.83. The molecule has 0 spiro atoms. The molecule has 3 rings (SSSR count). The molecule has 6 nitrogen and oxygen atoms in total. The van der Waals surface area contributed by atoms with Crippen LogP contribution in [0.5, 0.6) is 0 Å². The topological polar surface area (TPSA) is 82.7 Å². The summed E-state index contributed by atoms with van der Waals surface area (Å²) >= 11 is 6.06. The molecule has 124 valence electrons. The van der Waals surface area contributed by atoms with Crippen molar-refractivity contribution >= 4 is 23.2 Å². The second-order valence-electron chi connectivity index (χ2n) is 6.10. The number of rotatable bonds is 6. The number of nitrogens with zero attached hydrogens (tertiary/aromatic N) is 3. The lowest BCUT2D eigenvalue weighted by Crippen LogP contribution is -2.48. The minimum absolute atomic E-state index is 0.0542. The highest BCUT2D eigenvalue weighted by Gasteiger charge is 2.42. The van der Waals surface area contributed by atoms with E-state index < -0.39 is 5.54 Å². The van der Waals surface area contributed by atoms with Crippen molar-refractivity contribution in [2.24, 2.45) is 5.92 Å². The average molecular weight is 344 g/mol. The standard InChI is InChI=1S/C17H18ClN5O/c1-17(11-19,12-3-4-12)22-16(24)10-20-14-9-13(18)5-6-15(14)23-8-2-7-21-23/h2,5-9,12,20H,3-4,10H2,1H3,(H,22,24). The third-order valence-electron chi connectivity index (χ3n) is 4.17. The van der Waals surface area contributed by atoms with Crippen LogP contribution in [0.4, 0.5) is 5.69 Å². The van der Waals surface area contributed by atoms with Crippen molar-refractivity contribution in [1.29, 1.82) is 5.26 Å². The molecule has 1 atom stereocenters. The van der Waals surface area contributed by atoms with Gasteiger partial charge in [-0.15, -0.1) is 0 Å². The number of hydrogen-bond donors (Lipinski definition) is 2. The number of halogens is 1. The van der Waals surface area contributed by atoms with Crippen molar-refractivity contribution in [2.45, 2.75) is 25.3 Å². The second-order valence-corrected chi connectivity index (χ2v) is 6.54. The van der Waals surface area contributed by atoms with Gasteiger partial charge in [-0.25, -0.2) is 4.68 Å². The van der Waals surface area contributed by atoms with E-state index in [9.17, 15) is 10.1 Å². The number of hydrogen-bond acceptors (Lipinski definition) is 4. The van der Waals surface area contributed by atoms with Crippen LogP contribution in [0.3, 0.4) is 0 Å². The molecule has 1 unspecified atom stereocenters. The lowest BCUT2D eigenvalue weighted by atomic mass is 9.98. The van der Waals surface area contributed by atoms with Crippen LogP contribution in [-0.4, -0.2) is 27.8 Å². The Bertz CT molecular complexity index is 779. The van der Waals surface area contributed by atoms with Crippen LogP contribution >= 0.6 is 11.6 Å². The second kappa shape index (κ2) is 6.54. The van der Waals surface area contributed by atoms with Crippen molar-refractivity contribution in [1.82, 2.24) is 15.1 Å². The maximum Gasteiger partial charge on any atom is 0.240 e. The molecule has 1 heterocycles. The van der Waals surface area contributed by atoms with Crippen molar-refractivity contribution in [2.75, 3.05) is 11.9 Å². The number of nitrogens with one attached hydrogen (secondary N) is 2. The molecule has 1 aliphatic carbocycles. The number of amides is 1. The van der Waals surface area contributed by atoms with Crippen LogP contribution in [-0.2, 0) is 4.79 Å². The molecular weight excluding hydrogens is 326 g/mol. The van der Waals surface area contributed by atoms with Gasteiger partial charge in [0, 0.05) is 17.4 Å². The summed E-state index contributed by atoms with van der Waals surface area (Å²) < 4.78 is 1.69. The van der Waals surface area contributed by atoms with Gasteiger partial charge in [-0.2, -0.15) is 10.4 Å². The molecule has 1 amide bonds. The number of nitriles is 1. The first-order valence-corrected chi connectivity index (χ1v) is 8.15. The van der Waals surface area contributed by atoms with E-state index in [1.165, 1.54) is 0 Å². The van der Waals surface area contributed by atoms with Crippen molar-refractivity contribution in [3.8, 4) is 11.8 Å². The molecule has 0 bridgehead atoms. The van der Waals surface area contributed by atoms with Gasteiger partial charge in [-0.1, -0.05) is 11.6 Å². The van der Waals surface area contributed by atoms with E-state index in [0.717, 1.165) is 18.5 Å². The molecular formula is C17H18ClN5O. The van der Waals surface area contributed by atoms with E-state index in [2.05, 4.69) is 21.8 Å². The van der Waals surface area contributed by atoms with E-state index in [0.29, 0.717) is 10.7 Å². The molecule has 2 N–H and O–H groups in total. The van der Waals surface area contributed by atoms with E-state index in [1.54, 1.807) is 29.9 Å². The van der Waals surface area contributed by atoms with Crippen molar-refractivity contribution in [3.05, 3.63) is 41.7 Å². The molecule has 24 heavy (non-hydrogen) atoms. The van der Waals surface area contributed by atoms with Gasteiger partial charge in [0.25, 0.3) is 0 Å². The quantitative estimate of drug-likeness (QED) is 0.844. The molecule has 0 saturated heterocycles. The Morgan fingerprint density at radius 2 is 2.33 bits per heavy atom. The van der Waals surface area contributed by atoms with Crippen LogP contribution in [0.1, 0.15) is 19.8 Å². The van der Waals surface area contributed by atoms with Gasteiger partial charge < -0.3 is 10.6 Å². The van der Waals surface area contributed by atoms with E-state index in [-0.39, 0.29) is 18.4 Å². The summed E-state index contributed by atoms with van der Waals surface area (Å²) in [6, 6.07) is 9.38. The summed E-state index contributed by atoms with van der Waals surface area (Å²) in [5, 5.41) is 20.0. The maximum absolute atomic E-state index is 12.2. The number of carbonyl (C=O) groups is 1. The minimum Gasteiger partial charge on any atom is -0.374 e. The Morgan fingerprint density at radius 3 is 2.96 bits per heavy atom. The zero-order chi connectivity index (χ0) is 17.2. The molecule has 1 fully saturated rings. The Balaban J connectivity index is 1.69. The zero-order valence-electron chi connectivity index (χ0n) is 13.3. The smallest absolute Gasteiger partial charge is 0.240 e. The molecule has 0 radical (unpaired) electrons. The molecule has 1 aromatic heterocycles. The van der Waals surface area contributed by atoms with Crippen LogP contribution in [0.25, 0.3) is 5.69 Å². The first-order valence-electron chi connectivity index (χ1n) is 7.77. The van der Waals surface area contributed by atoms with Crippen LogP contribution in [0.15, 0.2) is 36.7 Å². The lowest BCUT2D eigenvalue weighted by molar-refractivity contribution is -0.120. The predicted molar refractivity (Wildman–Crippen MR) is 91.9 cm³/mol. The average Bonchev–Trinajstić information content (AvgIpc) is 3.30. The fourth-order valence-corrected chi connectivity index (χ4v) is 2.82. The molecule has 0 aliphatic heterocycles. The van der Waals surface area contributed by atoms with Gasteiger partial charge >= 0.3 is 0 Å². The predicted octanol–water partition coefficient (Wildman–Crippen LogP) is 2.75. The number of benzene rings is 1. The Kier molecular flexibility index (Phi) is 4.45. The highest BCUT2D eigenvalue weighted by atomic mass is 35.5. The highest BCUT2D eigenvalue weighted by molar-refractivity contribution is 6.31. The fraction of sp³-hybridized carbons (Fsp3) is 0.353. The van der Waals surface area contributed by atoms with Gasteiger partial charge in [-0.05, 0) is 49.9 Å². The van der Waals surface area contributed by atoms with E-state index in [4.69, 9.17) is 11.6 Å². The largest absolute Gasteiger partial charge is 0.374 e. The van der Waals surface area contributed by atoms with Gasteiger partial charge in [0.15, 0.2) is 0 Å². The van der Waals surface area contributed by atoms with E-state index in [1.807, 2.05) is 18.3 Å². The molecule has 1 aliphatic rings. The summed E-state index contributed by atoms with van der Waals surface area (Å²) in [5.74, 6) is 0.0228. The monoisotopic (exact) mass is 343 g/mol. The minimum atomic E-state index is -0.794. The molecule has 2 aromatic rings.